The van der Waals surface area contributed by atoms with Crippen LogP contribution in [0.5, 0.6) is 0 Å². The molecule has 21 heavy (non-hydrogen) atoms. The minimum absolute atomic E-state index is 0.106. The van der Waals surface area contributed by atoms with Gasteiger partial charge in [-0.3, -0.25) is 0 Å². The summed E-state index contributed by atoms with van der Waals surface area (Å²) in [6, 6.07) is 9.77. The fourth-order valence-electron chi connectivity index (χ4n) is 2.98. The van der Waals surface area contributed by atoms with Gasteiger partial charge in [-0.15, -0.1) is 0 Å². The van der Waals surface area contributed by atoms with Crippen molar-refractivity contribution in [3.05, 3.63) is 35.9 Å². The van der Waals surface area contributed by atoms with Crippen LogP contribution >= 0.6 is 0 Å². The topological polar surface area (TPSA) is 55.6 Å². The highest BCUT2D eigenvalue weighted by Gasteiger charge is 2.29. The molecule has 0 saturated carbocycles. The number of nitrogens with zero attached hydrogens (tertiary/aromatic N) is 1. The van der Waals surface area contributed by atoms with Crippen molar-refractivity contribution >= 4 is 5.97 Å². The molecule has 1 saturated heterocycles. The summed E-state index contributed by atoms with van der Waals surface area (Å²) in [6.07, 6.45) is 3.15. The van der Waals surface area contributed by atoms with E-state index in [2.05, 4.69) is 18.9 Å². The Bertz CT molecular complexity index is 463. The summed E-state index contributed by atoms with van der Waals surface area (Å²) < 4.78 is 5.52. The van der Waals surface area contributed by atoms with Crippen LogP contribution in [0, 0.1) is 0 Å². The van der Waals surface area contributed by atoms with Crippen LogP contribution in [0.25, 0.3) is 0 Å². The molecule has 4 heteroatoms. The van der Waals surface area contributed by atoms with Crippen molar-refractivity contribution in [1.82, 2.24) is 4.90 Å². The van der Waals surface area contributed by atoms with Gasteiger partial charge in [0, 0.05) is 12.1 Å². The van der Waals surface area contributed by atoms with Gasteiger partial charge in [0.25, 0.3) is 0 Å². The Hall–Kier alpha value is -1.39. The van der Waals surface area contributed by atoms with Crippen LogP contribution in [0.15, 0.2) is 30.3 Å². The fourth-order valence-corrected chi connectivity index (χ4v) is 2.98. The van der Waals surface area contributed by atoms with Crippen molar-refractivity contribution in [2.75, 3.05) is 7.05 Å². The molecule has 2 rings (SSSR count). The van der Waals surface area contributed by atoms with Gasteiger partial charge in [-0.1, -0.05) is 30.3 Å². The standard InChI is InChI=1S/C17H26N2O2/c1-12-9-10-15(19(12)3)11-13(2)21-17(20)16(18)14-7-5-4-6-8-14/h4-8,12-13,15-16H,9-11,18H2,1-3H3. The number of nitrogens with two attached hydrogens (primary N) is 1. The van der Waals surface area contributed by atoms with Gasteiger partial charge in [0.05, 0.1) is 0 Å². The second kappa shape index (κ2) is 7.05. The van der Waals surface area contributed by atoms with E-state index in [-0.39, 0.29) is 12.1 Å². The quantitative estimate of drug-likeness (QED) is 0.847. The first-order valence-corrected chi connectivity index (χ1v) is 7.72. The molecule has 0 spiro atoms. The van der Waals surface area contributed by atoms with Gasteiger partial charge in [-0.05, 0) is 45.7 Å². The molecule has 1 heterocycles. The van der Waals surface area contributed by atoms with E-state index < -0.39 is 6.04 Å². The summed E-state index contributed by atoms with van der Waals surface area (Å²) in [5.74, 6) is -0.345. The molecule has 1 fully saturated rings. The number of ether oxygens (including phenoxy) is 1. The highest BCUT2D eigenvalue weighted by Crippen LogP contribution is 2.26. The summed E-state index contributed by atoms with van der Waals surface area (Å²) in [5, 5.41) is 0. The molecule has 1 aromatic rings. The van der Waals surface area contributed by atoms with E-state index in [1.807, 2.05) is 37.3 Å². The number of rotatable bonds is 5. The Kier molecular flexibility index (Phi) is 5.37. The highest BCUT2D eigenvalue weighted by atomic mass is 16.5. The number of hydrogen-bond acceptors (Lipinski definition) is 4. The smallest absolute Gasteiger partial charge is 0.327 e. The van der Waals surface area contributed by atoms with Crippen LogP contribution < -0.4 is 5.73 Å². The van der Waals surface area contributed by atoms with Gasteiger partial charge in [0.1, 0.15) is 12.1 Å². The third-order valence-corrected chi connectivity index (χ3v) is 4.52. The second-order valence-corrected chi connectivity index (χ2v) is 6.12. The van der Waals surface area contributed by atoms with Gasteiger partial charge in [-0.2, -0.15) is 0 Å². The predicted octanol–water partition coefficient (Wildman–Crippen LogP) is 2.49. The Morgan fingerprint density at radius 2 is 2.05 bits per heavy atom. The Morgan fingerprint density at radius 3 is 2.62 bits per heavy atom. The number of likely N-dealkylation sites (tertiary alicyclic amines) is 1. The zero-order valence-corrected chi connectivity index (χ0v) is 13.2. The first kappa shape index (κ1) is 16.0. The summed E-state index contributed by atoms with van der Waals surface area (Å²) >= 11 is 0. The molecular formula is C17H26N2O2. The van der Waals surface area contributed by atoms with Crippen LogP contribution in [0.4, 0.5) is 0 Å². The van der Waals surface area contributed by atoms with Gasteiger partial charge in [-0.25, -0.2) is 4.79 Å². The largest absolute Gasteiger partial charge is 0.461 e. The van der Waals surface area contributed by atoms with E-state index in [0.717, 1.165) is 12.0 Å². The molecule has 4 atom stereocenters. The maximum Gasteiger partial charge on any atom is 0.327 e. The number of benzene rings is 1. The molecule has 0 amide bonds. The van der Waals surface area contributed by atoms with Crippen molar-refractivity contribution in [3.63, 3.8) is 0 Å². The number of carbonyl (C=O) groups is 1. The average molecular weight is 290 g/mol. The van der Waals surface area contributed by atoms with Crippen LogP contribution in [0.1, 0.15) is 44.7 Å². The minimum Gasteiger partial charge on any atom is -0.461 e. The zero-order chi connectivity index (χ0) is 15.4. The molecule has 116 valence electrons. The molecule has 4 unspecified atom stereocenters. The van der Waals surface area contributed by atoms with E-state index in [1.165, 1.54) is 12.8 Å². The van der Waals surface area contributed by atoms with E-state index in [1.54, 1.807) is 0 Å². The van der Waals surface area contributed by atoms with Gasteiger partial charge >= 0.3 is 5.97 Å². The molecule has 0 aromatic heterocycles. The molecule has 2 N–H and O–H groups in total. The molecule has 0 aliphatic carbocycles. The van der Waals surface area contributed by atoms with Crippen LogP contribution in [0.3, 0.4) is 0 Å². The number of hydrogen-bond donors (Lipinski definition) is 1. The second-order valence-electron chi connectivity index (χ2n) is 6.12. The first-order valence-electron chi connectivity index (χ1n) is 7.72. The lowest BCUT2D eigenvalue weighted by atomic mass is 10.1. The molecule has 1 aliphatic rings. The average Bonchev–Trinajstić information content (AvgIpc) is 2.79. The summed E-state index contributed by atoms with van der Waals surface area (Å²) in [5.41, 5.74) is 6.75. The lowest BCUT2D eigenvalue weighted by molar-refractivity contribution is -0.150. The lowest BCUT2D eigenvalue weighted by Crippen LogP contribution is -2.34. The molecule has 1 aliphatic heterocycles. The van der Waals surface area contributed by atoms with Crippen LogP contribution in [0.2, 0.25) is 0 Å². The predicted molar refractivity (Wildman–Crippen MR) is 83.8 cm³/mol. The third kappa shape index (κ3) is 4.05. The van der Waals surface area contributed by atoms with Crippen molar-refractivity contribution < 1.29 is 9.53 Å². The van der Waals surface area contributed by atoms with Gasteiger partial charge < -0.3 is 15.4 Å². The Labute approximate surface area is 127 Å². The van der Waals surface area contributed by atoms with Gasteiger partial charge in [0.15, 0.2) is 0 Å². The summed E-state index contributed by atoms with van der Waals surface area (Å²) in [6.45, 7) is 4.19. The van der Waals surface area contributed by atoms with Gasteiger partial charge in [0.2, 0.25) is 0 Å². The van der Waals surface area contributed by atoms with E-state index in [4.69, 9.17) is 10.5 Å². The molecule has 1 aromatic carbocycles. The van der Waals surface area contributed by atoms with Crippen molar-refractivity contribution in [1.29, 1.82) is 0 Å². The lowest BCUT2D eigenvalue weighted by Gasteiger charge is -2.26. The van der Waals surface area contributed by atoms with Crippen molar-refractivity contribution in [2.24, 2.45) is 5.73 Å². The molecular weight excluding hydrogens is 264 g/mol. The van der Waals surface area contributed by atoms with Crippen molar-refractivity contribution in [3.8, 4) is 0 Å². The SMILES string of the molecule is CC(CC1CCC(C)N1C)OC(=O)C(N)c1ccccc1. The molecule has 0 radical (unpaired) electrons. The monoisotopic (exact) mass is 290 g/mol. The van der Waals surface area contributed by atoms with Crippen LogP contribution in [-0.2, 0) is 9.53 Å². The van der Waals surface area contributed by atoms with E-state index in [9.17, 15) is 4.79 Å². The first-order chi connectivity index (χ1) is 9.99. The maximum atomic E-state index is 12.1. The van der Waals surface area contributed by atoms with E-state index in [0.29, 0.717) is 12.1 Å². The normalized spacial score (nSPS) is 25.5. The maximum absolute atomic E-state index is 12.1. The fraction of sp³-hybridized carbons (Fsp3) is 0.588. The number of esters is 1. The highest BCUT2D eigenvalue weighted by molar-refractivity contribution is 5.77. The summed E-state index contributed by atoms with van der Waals surface area (Å²) in [7, 11) is 2.15. The van der Waals surface area contributed by atoms with E-state index >= 15 is 0 Å². The molecule has 0 bridgehead atoms. The van der Waals surface area contributed by atoms with Crippen LogP contribution in [-0.4, -0.2) is 36.1 Å². The molecule has 4 nitrogen and oxygen atoms in total. The Balaban J connectivity index is 1.85. The minimum atomic E-state index is -0.700. The van der Waals surface area contributed by atoms with Crippen molar-refractivity contribution in [2.45, 2.75) is 57.3 Å². The number of carbonyl (C=O) groups excluding carboxylic acids is 1. The Morgan fingerprint density at radius 1 is 1.38 bits per heavy atom. The zero-order valence-electron chi connectivity index (χ0n) is 13.2. The summed E-state index contributed by atoms with van der Waals surface area (Å²) in [4.78, 5) is 14.5. The third-order valence-electron chi connectivity index (χ3n) is 4.52.